The lowest BCUT2D eigenvalue weighted by Gasteiger charge is -2.10. The first kappa shape index (κ1) is 16.6. The Morgan fingerprint density at radius 3 is 2.55 bits per heavy atom. The quantitative estimate of drug-likeness (QED) is 0.459. The van der Waals surface area contributed by atoms with E-state index in [0.717, 1.165) is 24.0 Å². The molecule has 20 heavy (non-hydrogen) atoms. The number of aldehydes is 1. The molecule has 0 aliphatic rings. The Morgan fingerprint density at radius 2 is 1.85 bits per heavy atom. The van der Waals surface area contributed by atoms with Crippen LogP contribution in [0.15, 0.2) is 18.2 Å². The molecule has 1 aromatic carbocycles. The van der Waals surface area contributed by atoms with Gasteiger partial charge in [-0.2, -0.15) is 0 Å². The van der Waals surface area contributed by atoms with Gasteiger partial charge >= 0.3 is 0 Å². The van der Waals surface area contributed by atoms with Crippen molar-refractivity contribution in [2.24, 2.45) is 0 Å². The van der Waals surface area contributed by atoms with Gasteiger partial charge in [0.05, 0.1) is 26.9 Å². The molecule has 0 aromatic heterocycles. The van der Waals surface area contributed by atoms with E-state index in [9.17, 15) is 4.79 Å². The molecule has 0 heterocycles. The molecule has 1 rings (SSSR count). The lowest BCUT2D eigenvalue weighted by atomic mass is 10.1. The molecule has 0 radical (unpaired) electrons. The molecule has 0 bridgehead atoms. The molecule has 5 nitrogen and oxygen atoms in total. The zero-order valence-electron chi connectivity index (χ0n) is 12.1. The maximum atomic E-state index is 10.8. The predicted octanol–water partition coefficient (Wildman–Crippen LogP) is 2.08. The van der Waals surface area contributed by atoms with Crippen LogP contribution < -0.4 is 4.74 Å². The average molecular weight is 282 g/mol. The highest BCUT2D eigenvalue weighted by atomic mass is 16.5. The van der Waals surface area contributed by atoms with Crippen molar-refractivity contribution in [3.05, 3.63) is 29.3 Å². The standard InChI is InChI=1S/C15H22O5/c1-17-8-9-19-6-3-7-20-12-14-10-13(11-16)4-5-15(14)18-2/h4-5,10-11H,3,6-9,12H2,1-2H3. The molecule has 0 saturated carbocycles. The monoisotopic (exact) mass is 282 g/mol. The van der Waals surface area contributed by atoms with Gasteiger partial charge in [0.25, 0.3) is 0 Å². The normalized spacial score (nSPS) is 10.5. The van der Waals surface area contributed by atoms with Gasteiger partial charge in [0.1, 0.15) is 12.0 Å². The van der Waals surface area contributed by atoms with Gasteiger partial charge in [0.2, 0.25) is 0 Å². The number of carbonyl (C=O) groups excluding carboxylic acids is 1. The molecule has 0 saturated heterocycles. The highest BCUT2D eigenvalue weighted by Gasteiger charge is 2.04. The van der Waals surface area contributed by atoms with Gasteiger partial charge in [-0.1, -0.05) is 0 Å². The Labute approximate surface area is 119 Å². The molecule has 0 unspecified atom stereocenters. The van der Waals surface area contributed by atoms with Crippen LogP contribution in [0.2, 0.25) is 0 Å². The van der Waals surface area contributed by atoms with Crippen LogP contribution in [0.5, 0.6) is 5.75 Å². The minimum absolute atomic E-state index is 0.420. The van der Waals surface area contributed by atoms with Gasteiger partial charge in [-0.25, -0.2) is 0 Å². The summed E-state index contributed by atoms with van der Waals surface area (Å²) >= 11 is 0. The number of benzene rings is 1. The Hall–Kier alpha value is -1.43. The van der Waals surface area contributed by atoms with E-state index in [4.69, 9.17) is 18.9 Å². The highest BCUT2D eigenvalue weighted by molar-refractivity contribution is 5.75. The molecule has 0 atom stereocenters. The predicted molar refractivity (Wildman–Crippen MR) is 75.3 cm³/mol. The Balaban J connectivity index is 2.25. The molecule has 1 aromatic rings. The first-order valence-electron chi connectivity index (χ1n) is 6.58. The minimum Gasteiger partial charge on any atom is -0.496 e. The van der Waals surface area contributed by atoms with Crippen molar-refractivity contribution in [3.63, 3.8) is 0 Å². The van der Waals surface area contributed by atoms with Crippen molar-refractivity contribution in [2.45, 2.75) is 13.0 Å². The Bertz CT molecular complexity index is 392. The Morgan fingerprint density at radius 1 is 1.05 bits per heavy atom. The van der Waals surface area contributed by atoms with Gasteiger partial charge in [-0.3, -0.25) is 4.79 Å². The second-order valence-electron chi connectivity index (χ2n) is 4.20. The van der Waals surface area contributed by atoms with Crippen LogP contribution in [0.1, 0.15) is 22.3 Å². The summed E-state index contributed by atoms with van der Waals surface area (Å²) in [6.07, 6.45) is 1.63. The summed E-state index contributed by atoms with van der Waals surface area (Å²) in [5.74, 6) is 0.729. The summed E-state index contributed by atoms with van der Waals surface area (Å²) in [7, 11) is 3.25. The van der Waals surface area contributed by atoms with Crippen molar-refractivity contribution >= 4 is 6.29 Å². The SMILES string of the molecule is COCCOCCCOCc1cc(C=O)ccc1OC. The third-order valence-electron chi connectivity index (χ3n) is 2.71. The number of hydrogen-bond acceptors (Lipinski definition) is 5. The zero-order chi connectivity index (χ0) is 14.6. The third-order valence-corrected chi connectivity index (χ3v) is 2.71. The molecule has 0 fully saturated rings. The molecule has 0 N–H and O–H groups in total. The van der Waals surface area contributed by atoms with Gasteiger partial charge in [0, 0.05) is 31.5 Å². The van der Waals surface area contributed by atoms with Crippen LogP contribution in [0.25, 0.3) is 0 Å². The van der Waals surface area contributed by atoms with Crippen LogP contribution in [-0.4, -0.2) is 46.9 Å². The van der Waals surface area contributed by atoms with Gasteiger partial charge in [0.15, 0.2) is 0 Å². The topological polar surface area (TPSA) is 54.0 Å². The van der Waals surface area contributed by atoms with Crippen molar-refractivity contribution < 1.29 is 23.7 Å². The molecule has 0 spiro atoms. The molecule has 0 amide bonds. The molecular weight excluding hydrogens is 260 g/mol. The zero-order valence-corrected chi connectivity index (χ0v) is 12.1. The second-order valence-corrected chi connectivity index (χ2v) is 4.20. The van der Waals surface area contributed by atoms with E-state index in [1.54, 1.807) is 32.4 Å². The maximum Gasteiger partial charge on any atom is 0.150 e. The van der Waals surface area contributed by atoms with Gasteiger partial charge < -0.3 is 18.9 Å². The third kappa shape index (κ3) is 6.14. The fourth-order valence-electron chi connectivity index (χ4n) is 1.67. The molecule has 0 aliphatic carbocycles. The summed E-state index contributed by atoms with van der Waals surface area (Å²) in [6, 6.07) is 5.27. The van der Waals surface area contributed by atoms with Crippen molar-refractivity contribution in [3.8, 4) is 5.75 Å². The summed E-state index contributed by atoms with van der Waals surface area (Å²) in [6.45, 7) is 2.88. The van der Waals surface area contributed by atoms with E-state index in [2.05, 4.69) is 0 Å². The number of hydrogen-bond donors (Lipinski definition) is 0. The smallest absolute Gasteiger partial charge is 0.150 e. The first-order chi connectivity index (χ1) is 9.81. The number of methoxy groups -OCH3 is 2. The lowest BCUT2D eigenvalue weighted by molar-refractivity contribution is 0.0480. The molecule has 112 valence electrons. The molecular formula is C15H22O5. The van der Waals surface area contributed by atoms with Crippen molar-refractivity contribution in [1.82, 2.24) is 0 Å². The summed E-state index contributed by atoms with van der Waals surface area (Å²) in [5.41, 5.74) is 1.49. The Kier molecular flexibility index (Phi) is 8.62. The average Bonchev–Trinajstić information content (AvgIpc) is 2.49. The van der Waals surface area contributed by atoms with Crippen molar-refractivity contribution in [2.75, 3.05) is 40.6 Å². The fourth-order valence-corrected chi connectivity index (χ4v) is 1.67. The molecule has 0 aliphatic heterocycles. The van der Waals surface area contributed by atoms with E-state index in [1.807, 2.05) is 0 Å². The highest BCUT2D eigenvalue weighted by Crippen LogP contribution is 2.20. The van der Waals surface area contributed by atoms with E-state index >= 15 is 0 Å². The van der Waals surface area contributed by atoms with Crippen LogP contribution >= 0.6 is 0 Å². The van der Waals surface area contributed by atoms with Crippen molar-refractivity contribution in [1.29, 1.82) is 0 Å². The van der Waals surface area contributed by atoms with Crippen LogP contribution in [0, 0.1) is 0 Å². The van der Waals surface area contributed by atoms with Crippen LogP contribution in [0.4, 0.5) is 0 Å². The fraction of sp³-hybridized carbons (Fsp3) is 0.533. The first-order valence-corrected chi connectivity index (χ1v) is 6.58. The molecule has 5 heteroatoms. The van der Waals surface area contributed by atoms with Crippen LogP contribution in [-0.2, 0) is 20.8 Å². The number of carbonyl (C=O) groups is 1. The largest absolute Gasteiger partial charge is 0.496 e. The van der Waals surface area contributed by atoms with Crippen LogP contribution in [0.3, 0.4) is 0 Å². The van der Waals surface area contributed by atoms with E-state index in [-0.39, 0.29) is 0 Å². The van der Waals surface area contributed by atoms with E-state index < -0.39 is 0 Å². The van der Waals surface area contributed by atoms with Gasteiger partial charge in [-0.05, 0) is 24.6 Å². The summed E-state index contributed by atoms with van der Waals surface area (Å²) in [4.78, 5) is 10.8. The number of ether oxygens (including phenoxy) is 4. The summed E-state index contributed by atoms with van der Waals surface area (Å²) in [5, 5.41) is 0. The van der Waals surface area contributed by atoms with Gasteiger partial charge in [-0.15, -0.1) is 0 Å². The minimum atomic E-state index is 0.420. The number of rotatable bonds is 11. The second kappa shape index (κ2) is 10.4. The van der Waals surface area contributed by atoms with E-state index in [1.165, 1.54) is 0 Å². The summed E-state index contributed by atoms with van der Waals surface area (Å²) < 4.78 is 21.0. The van der Waals surface area contributed by atoms with E-state index in [0.29, 0.717) is 38.6 Å². The lowest BCUT2D eigenvalue weighted by Crippen LogP contribution is -2.06. The maximum absolute atomic E-state index is 10.8.